The molecule has 0 saturated heterocycles. The first-order valence-electron chi connectivity index (χ1n) is 19.5. The number of hydrogen-bond acceptors (Lipinski definition) is 0. The number of para-hydroxylation sites is 2. The zero-order valence-electron chi connectivity index (χ0n) is 31.0. The predicted octanol–water partition coefficient (Wildman–Crippen LogP) is 11.8. The van der Waals surface area contributed by atoms with E-state index in [1.807, 2.05) is 0 Å². The van der Waals surface area contributed by atoms with Crippen molar-refractivity contribution in [3.63, 3.8) is 0 Å². The lowest BCUT2D eigenvalue weighted by Gasteiger charge is -2.24. The van der Waals surface area contributed by atoms with Gasteiger partial charge >= 0.3 is 0 Å². The van der Waals surface area contributed by atoms with Crippen LogP contribution in [-0.2, 0) is 12.8 Å². The molecule has 0 radical (unpaired) electrons. The monoisotopic (exact) mass is 718 g/mol. The summed E-state index contributed by atoms with van der Waals surface area (Å²) in [6.07, 6.45) is 1.93. The Morgan fingerprint density at radius 2 is 0.800 bits per heavy atom. The predicted molar refractivity (Wildman–Crippen MR) is 235 cm³/mol. The summed E-state index contributed by atoms with van der Waals surface area (Å²) in [5.74, 6) is 0. The second-order valence-electron chi connectivity index (χ2n) is 16.1. The first kappa shape index (κ1) is 31.0. The first-order valence-corrected chi connectivity index (χ1v) is 22.5. The van der Waals surface area contributed by atoms with Crippen molar-refractivity contribution < 1.29 is 0 Å². The van der Waals surface area contributed by atoms with E-state index in [1.165, 1.54) is 110 Å². The molecule has 0 N–H and O–H groups in total. The molecular weight excluding hydrogens is 681 g/mol. The van der Waals surface area contributed by atoms with Gasteiger partial charge in [-0.25, -0.2) is 0 Å². The van der Waals surface area contributed by atoms with Crippen LogP contribution >= 0.6 is 0 Å². The summed E-state index contributed by atoms with van der Waals surface area (Å²) in [6, 6.07) is 64.0. The fraction of sp³-hybridized carbons (Fsp3) is 0.0769. The molecule has 8 aromatic carbocycles. The molecule has 0 unspecified atom stereocenters. The lowest BCUT2D eigenvalue weighted by atomic mass is 10.0. The van der Waals surface area contributed by atoms with Crippen molar-refractivity contribution in [3.05, 3.63) is 192 Å². The summed E-state index contributed by atoms with van der Waals surface area (Å²) in [5, 5.41) is 8.28. The minimum Gasteiger partial charge on any atom is -0.309 e. The largest absolute Gasteiger partial charge is 0.309 e. The fourth-order valence-electron chi connectivity index (χ4n) is 10.1. The molecule has 2 aliphatic carbocycles. The highest BCUT2D eigenvalue weighted by Gasteiger charge is 2.31. The zero-order valence-corrected chi connectivity index (χ0v) is 32.0. The molecule has 2 heterocycles. The van der Waals surface area contributed by atoms with Gasteiger partial charge in [0, 0.05) is 45.8 Å². The standard InChI is InChI=1S/C52H38N2Si/c1-55(2,37-21-27-49-45(31-37)43-25-23-41-39-19-11-9-13-33(39)29-47(41)51(43)53(49)35-15-5-3-6-16-35)38-22-28-50-46(32-38)44-26-24-42-40-20-12-10-14-34(40)30-48(42)52(44)54(50)36-17-7-4-8-18-36/h3-28,31-32H,29-30H2,1-2H3. The number of benzene rings is 8. The number of hydrogen-bond donors (Lipinski definition) is 0. The molecule has 260 valence electrons. The van der Waals surface area contributed by atoms with Crippen molar-refractivity contribution in [2.24, 2.45) is 0 Å². The van der Waals surface area contributed by atoms with Gasteiger partial charge in [0.25, 0.3) is 0 Å². The van der Waals surface area contributed by atoms with Crippen molar-refractivity contribution in [1.82, 2.24) is 9.13 Å². The summed E-state index contributed by atoms with van der Waals surface area (Å²) in [6.45, 7) is 5.07. The van der Waals surface area contributed by atoms with Gasteiger partial charge in [-0.3, -0.25) is 0 Å². The number of aromatic nitrogens is 2. The second-order valence-corrected chi connectivity index (χ2v) is 20.5. The third-order valence-corrected chi connectivity index (χ3v) is 16.4. The molecule has 2 nitrogen and oxygen atoms in total. The van der Waals surface area contributed by atoms with E-state index in [9.17, 15) is 0 Å². The van der Waals surface area contributed by atoms with Gasteiger partial charge < -0.3 is 9.13 Å². The maximum absolute atomic E-state index is 2.54. The number of nitrogens with zero attached hydrogens (tertiary/aromatic N) is 2. The number of rotatable bonds is 4. The van der Waals surface area contributed by atoms with E-state index in [2.05, 4.69) is 192 Å². The van der Waals surface area contributed by atoms with Crippen molar-refractivity contribution in [1.29, 1.82) is 0 Å². The topological polar surface area (TPSA) is 9.86 Å². The third kappa shape index (κ3) is 4.30. The molecule has 0 spiro atoms. The quantitative estimate of drug-likeness (QED) is 0.160. The van der Waals surface area contributed by atoms with Gasteiger partial charge in [0.05, 0.1) is 22.1 Å². The van der Waals surface area contributed by atoms with Crippen molar-refractivity contribution in [2.75, 3.05) is 0 Å². The average Bonchev–Trinajstić information content (AvgIpc) is 3.98. The summed E-state index contributed by atoms with van der Waals surface area (Å²) in [7, 11) is -2.17. The van der Waals surface area contributed by atoms with Crippen molar-refractivity contribution >= 4 is 62.1 Å². The van der Waals surface area contributed by atoms with E-state index in [-0.39, 0.29) is 0 Å². The highest BCUT2D eigenvalue weighted by Crippen LogP contribution is 2.46. The van der Waals surface area contributed by atoms with E-state index in [4.69, 9.17) is 0 Å². The van der Waals surface area contributed by atoms with Crippen LogP contribution in [0.1, 0.15) is 22.3 Å². The van der Waals surface area contributed by atoms with Crippen LogP contribution in [0.15, 0.2) is 170 Å². The van der Waals surface area contributed by atoms with E-state index in [0.717, 1.165) is 12.8 Å². The van der Waals surface area contributed by atoms with E-state index in [0.29, 0.717) is 0 Å². The Kier molecular flexibility index (Phi) is 6.36. The molecule has 0 saturated carbocycles. The molecule has 0 amide bonds. The normalized spacial score (nSPS) is 13.1. The molecule has 0 atom stereocenters. The van der Waals surface area contributed by atoms with Gasteiger partial charge in [-0.05, 0) is 80.9 Å². The average molecular weight is 719 g/mol. The summed E-state index contributed by atoms with van der Waals surface area (Å²) in [4.78, 5) is 0. The molecule has 3 heteroatoms. The Morgan fingerprint density at radius 1 is 0.382 bits per heavy atom. The van der Waals surface area contributed by atoms with Crippen molar-refractivity contribution in [3.8, 4) is 33.6 Å². The van der Waals surface area contributed by atoms with Gasteiger partial charge in [0.1, 0.15) is 8.07 Å². The Bertz CT molecular complexity index is 3000. The minimum atomic E-state index is -2.17. The lowest BCUT2D eigenvalue weighted by Crippen LogP contribution is -2.52. The molecule has 0 fully saturated rings. The van der Waals surface area contributed by atoms with E-state index < -0.39 is 8.07 Å². The Balaban J connectivity index is 1.06. The Labute approximate surface area is 321 Å². The molecule has 12 rings (SSSR count). The molecule has 55 heavy (non-hydrogen) atoms. The minimum absolute atomic E-state index is 0.963. The maximum Gasteiger partial charge on any atom is 0.112 e. The molecule has 0 aliphatic heterocycles. The lowest BCUT2D eigenvalue weighted by molar-refractivity contribution is 1.15. The summed E-state index contributed by atoms with van der Waals surface area (Å²) < 4.78 is 5.05. The third-order valence-electron chi connectivity index (χ3n) is 12.9. The van der Waals surface area contributed by atoms with Gasteiger partial charge in [-0.1, -0.05) is 157 Å². The summed E-state index contributed by atoms with van der Waals surface area (Å²) in [5.41, 5.74) is 18.9. The van der Waals surface area contributed by atoms with Crippen LogP contribution in [0.4, 0.5) is 0 Å². The van der Waals surface area contributed by atoms with E-state index in [1.54, 1.807) is 0 Å². The molecule has 2 aliphatic rings. The van der Waals surface area contributed by atoms with Crippen LogP contribution in [0, 0.1) is 0 Å². The van der Waals surface area contributed by atoms with Crippen molar-refractivity contribution in [2.45, 2.75) is 25.9 Å². The molecule has 10 aromatic rings. The highest BCUT2D eigenvalue weighted by atomic mass is 28.3. The maximum atomic E-state index is 2.54. The molecular formula is C52H38N2Si. The zero-order chi connectivity index (χ0) is 36.4. The van der Waals surface area contributed by atoms with Gasteiger partial charge in [0.15, 0.2) is 0 Å². The SMILES string of the molecule is C[Si](C)(c1ccc2c(c1)c1ccc3c(c1n2-c1ccccc1)Cc1ccccc1-3)c1ccc2c(c1)c1ccc3c(c1n2-c1ccccc1)Cc1ccccc1-3. The fourth-order valence-corrected chi connectivity index (χ4v) is 12.4. The molecule has 2 aromatic heterocycles. The van der Waals surface area contributed by atoms with Crippen LogP contribution < -0.4 is 10.4 Å². The van der Waals surface area contributed by atoms with E-state index >= 15 is 0 Å². The van der Waals surface area contributed by atoms with Gasteiger partial charge in [-0.2, -0.15) is 0 Å². The van der Waals surface area contributed by atoms with Crippen LogP contribution in [0.3, 0.4) is 0 Å². The highest BCUT2D eigenvalue weighted by molar-refractivity contribution is 7.00. The van der Waals surface area contributed by atoms with Crippen LogP contribution in [-0.4, -0.2) is 17.2 Å². The molecule has 0 bridgehead atoms. The Morgan fingerprint density at radius 3 is 1.25 bits per heavy atom. The summed E-state index contributed by atoms with van der Waals surface area (Å²) >= 11 is 0. The number of fused-ring (bicyclic) bond motifs is 14. The van der Waals surface area contributed by atoms with Crippen LogP contribution in [0.25, 0.3) is 77.2 Å². The van der Waals surface area contributed by atoms with Gasteiger partial charge in [0.2, 0.25) is 0 Å². The second kappa shape index (κ2) is 11.3. The van der Waals surface area contributed by atoms with Gasteiger partial charge in [-0.15, -0.1) is 0 Å². The van der Waals surface area contributed by atoms with Crippen LogP contribution in [0.5, 0.6) is 0 Å². The smallest absolute Gasteiger partial charge is 0.112 e. The first-order chi connectivity index (χ1) is 27.0. The Hall–Kier alpha value is -6.42. The van der Waals surface area contributed by atoms with Crippen LogP contribution in [0.2, 0.25) is 13.1 Å².